The summed E-state index contributed by atoms with van der Waals surface area (Å²) in [5, 5.41) is 2.43. The molecular weight excluding hydrogens is 244 g/mol. The van der Waals surface area contributed by atoms with E-state index in [1.54, 1.807) is 7.11 Å². The molecule has 1 nitrogen and oxygen atoms in total. The van der Waals surface area contributed by atoms with E-state index in [2.05, 4.69) is 54.6 Å². The van der Waals surface area contributed by atoms with Crippen LogP contribution in [0.1, 0.15) is 11.1 Å². The van der Waals surface area contributed by atoms with Crippen LogP contribution in [0.15, 0.2) is 66.7 Å². The molecule has 0 aliphatic carbocycles. The van der Waals surface area contributed by atoms with Crippen LogP contribution in [0.25, 0.3) is 22.9 Å². The summed E-state index contributed by atoms with van der Waals surface area (Å²) in [6.07, 6.45) is 4.24. The van der Waals surface area contributed by atoms with Crippen LogP contribution < -0.4 is 4.74 Å². The molecular formula is C19H16O. The second-order valence-electron chi connectivity index (χ2n) is 4.65. The second kappa shape index (κ2) is 5.62. The van der Waals surface area contributed by atoms with Gasteiger partial charge in [-0.1, -0.05) is 72.8 Å². The molecule has 0 aliphatic heterocycles. The van der Waals surface area contributed by atoms with Crippen LogP contribution >= 0.6 is 0 Å². The van der Waals surface area contributed by atoms with Crippen molar-refractivity contribution in [1.82, 2.24) is 0 Å². The number of benzene rings is 3. The lowest BCUT2D eigenvalue weighted by Gasteiger charge is -2.08. The van der Waals surface area contributed by atoms with Gasteiger partial charge in [-0.05, 0) is 22.4 Å². The summed E-state index contributed by atoms with van der Waals surface area (Å²) in [5.74, 6) is 0.899. The molecule has 0 unspecified atom stereocenters. The van der Waals surface area contributed by atoms with Gasteiger partial charge in [-0.2, -0.15) is 0 Å². The van der Waals surface area contributed by atoms with Crippen LogP contribution in [-0.4, -0.2) is 7.11 Å². The summed E-state index contributed by atoms with van der Waals surface area (Å²) >= 11 is 0. The molecule has 3 rings (SSSR count). The van der Waals surface area contributed by atoms with Crippen LogP contribution in [0.3, 0.4) is 0 Å². The fourth-order valence-corrected chi connectivity index (χ4v) is 2.37. The molecule has 0 heterocycles. The number of hydrogen-bond acceptors (Lipinski definition) is 1. The average Bonchev–Trinajstić information content (AvgIpc) is 2.53. The Bertz CT molecular complexity index is 742. The summed E-state index contributed by atoms with van der Waals surface area (Å²) < 4.78 is 5.49. The average molecular weight is 260 g/mol. The molecule has 0 fully saturated rings. The first-order valence-corrected chi connectivity index (χ1v) is 6.67. The molecule has 3 aromatic carbocycles. The van der Waals surface area contributed by atoms with Gasteiger partial charge in [-0.15, -0.1) is 0 Å². The Morgan fingerprint density at radius 2 is 1.50 bits per heavy atom. The van der Waals surface area contributed by atoms with Gasteiger partial charge in [0.15, 0.2) is 0 Å². The molecule has 0 aromatic heterocycles. The molecule has 0 amide bonds. The highest BCUT2D eigenvalue weighted by Gasteiger charge is 2.04. The minimum Gasteiger partial charge on any atom is -0.496 e. The predicted molar refractivity (Wildman–Crippen MR) is 85.9 cm³/mol. The zero-order valence-corrected chi connectivity index (χ0v) is 11.4. The maximum atomic E-state index is 5.49. The van der Waals surface area contributed by atoms with Crippen LogP contribution in [0, 0.1) is 0 Å². The minimum atomic E-state index is 0.899. The molecule has 0 saturated carbocycles. The lowest BCUT2D eigenvalue weighted by molar-refractivity contribution is 0.414. The SMILES string of the molecule is COc1ccc2ccccc2c1C=Cc1ccccc1. The number of hydrogen-bond donors (Lipinski definition) is 0. The van der Waals surface area contributed by atoms with Gasteiger partial charge in [0.2, 0.25) is 0 Å². The van der Waals surface area contributed by atoms with Crippen molar-refractivity contribution < 1.29 is 4.74 Å². The fourth-order valence-electron chi connectivity index (χ4n) is 2.37. The van der Waals surface area contributed by atoms with Crippen molar-refractivity contribution in [3.05, 3.63) is 77.9 Å². The summed E-state index contributed by atoms with van der Waals surface area (Å²) in [5.41, 5.74) is 2.30. The molecule has 20 heavy (non-hydrogen) atoms. The highest BCUT2D eigenvalue weighted by atomic mass is 16.5. The van der Waals surface area contributed by atoms with E-state index in [9.17, 15) is 0 Å². The van der Waals surface area contributed by atoms with E-state index in [0.717, 1.165) is 11.3 Å². The molecule has 0 spiro atoms. The van der Waals surface area contributed by atoms with E-state index in [4.69, 9.17) is 4.74 Å². The van der Waals surface area contributed by atoms with Crippen molar-refractivity contribution in [2.75, 3.05) is 7.11 Å². The zero-order valence-electron chi connectivity index (χ0n) is 11.4. The van der Waals surface area contributed by atoms with Gasteiger partial charge in [-0.25, -0.2) is 0 Å². The van der Waals surface area contributed by atoms with E-state index in [1.165, 1.54) is 16.3 Å². The van der Waals surface area contributed by atoms with E-state index < -0.39 is 0 Å². The van der Waals surface area contributed by atoms with Crippen molar-refractivity contribution >= 4 is 22.9 Å². The predicted octanol–water partition coefficient (Wildman–Crippen LogP) is 5.02. The Morgan fingerprint density at radius 3 is 2.30 bits per heavy atom. The van der Waals surface area contributed by atoms with Crippen molar-refractivity contribution in [1.29, 1.82) is 0 Å². The largest absolute Gasteiger partial charge is 0.496 e. The van der Waals surface area contributed by atoms with Crippen molar-refractivity contribution in [3.63, 3.8) is 0 Å². The van der Waals surface area contributed by atoms with Gasteiger partial charge < -0.3 is 4.74 Å². The Balaban J connectivity index is 2.12. The zero-order chi connectivity index (χ0) is 13.8. The first kappa shape index (κ1) is 12.5. The van der Waals surface area contributed by atoms with E-state index >= 15 is 0 Å². The van der Waals surface area contributed by atoms with E-state index in [0.29, 0.717) is 0 Å². The molecule has 0 saturated heterocycles. The molecule has 0 radical (unpaired) electrons. The summed E-state index contributed by atoms with van der Waals surface area (Å²) in [6.45, 7) is 0. The van der Waals surface area contributed by atoms with Crippen LogP contribution in [0.5, 0.6) is 5.75 Å². The van der Waals surface area contributed by atoms with Gasteiger partial charge in [0.05, 0.1) is 7.11 Å². The monoisotopic (exact) mass is 260 g/mol. The third kappa shape index (κ3) is 2.43. The molecule has 0 atom stereocenters. The van der Waals surface area contributed by atoms with Gasteiger partial charge >= 0.3 is 0 Å². The highest BCUT2D eigenvalue weighted by molar-refractivity contribution is 5.95. The number of rotatable bonds is 3. The Kier molecular flexibility index (Phi) is 3.51. The first-order chi connectivity index (χ1) is 9.88. The minimum absolute atomic E-state index is 0.899. The first-order valence-electron chi connectivity index (χ1n) is 6.67. The quantitative estimate of drug-likeness (QED) is 0.601. The Labute approximate surface area is 119 Å². The topological polar surface area (TPSA) is 9.23 Å². The fraction of sp³-hybridized carbons (Fsp3) is 0.0526. The summed E-state index contributed by atoms with van der Waals surface area (Å²) in [4.78, 5) is 0. The lowest BCUT2D eigenvalue weighted by atomic mass is 10.0. The van der Waals surface area contributed by atoms with Crippen molar-refractivity contribution in [2.24, 2.45) is 0 Å². The number of methoxy groups -OCH3 is 1. The van der Waals surface area contributed by atoms with Gasteiger partial charge in [0, 0.05) is 5.56 Å². The summed E-state index contributed by atoms with van der Waals surface area (Å²) in [6, 6.07) is 22.8. The van der Waals surface area contributed by atoms with Crippen LogP contribution in [-0.2, 0) is 0 Å². The lowest BCUT2D eigenvalue weighted by Crippen LogP contribution is -1.88. The third-order valence-electron chi connectivity index (χ3n) is 3.39. The normalized spacial score (nSPS) is 11.1. The standard InChI is InChI=1S/C19H16O/c1-20-19-14-12-16-9-5-6-10-17(16)18(19)13-11-15-7-3-2-4-8-15/h2-14H,1H3. The third-order valence-corrected chi connectivity index (χ3v) is 3.39. The molecule has 0 bridgehead atoms. The van der Waals surface area contributed by atoms with Gasteiger partial charge in [0.1, 0.15) is 5.75 Å². The van der Waals surface area contributed by atoms with Gasteiger partial charge in [-0.3, -0.25) is 0 Å². The molecule has 3 aromatic rings. The van der Waals surface area contributed by atoms with Gasteiger partial charge in [0.25, 0.3) is 0 Å². The Morgan fingerprint density at radius 1 is 0.750 bits per heavy atom. The van der Waals surface area contributed by atoms with E-state index in [-0.39, 0.29) is 0 Å². The Hall–Kier alpha value is -2.54. The molecule has 1 heteroatoms. The highest BCUT2D eigenvalue weighted by Crippen LogP contribution is 2.29. The number of ether oxygens (including phenoxy) is 1. The maximum Gasteiger partial charge on any atom is 0.126 e. The van der Waals surface area contributed by atoms with Crippen molar-refractivity contribution in [3.8, 4) is 5.75 Å². The second-order valence-corrected chi connectivity index (χ2v) is 4.65. The smallest absolute Gasteiger partial charge is 0.126 e. The van der Waals surface area contributed by atoms with Crippen LogP contribution in [0.2, 0.25) is 0 Å². The van der Waals surface area contributed by atoms with Crippen LogP contribution in [0.4, 0.5) is 0 Å². The molecule has 0 aliphatic rings. The van der Waals surface area contributed by atoms with Crippen molar-refractivity contribution in [2.45, 2.75) is 0 Å². The summed E-state index contributed by atoms with van der Waals surface area (Å²) in [7, 11) is 1.71. The van der Waals surface area contributed by atoms with E-state index in [1.807, 2.05) is 24.3 Å². The maximum absolute atomic E-state index is 5.49. The number of fused-ring (bicyclic) bond motifs is 1. The molecule has 98 valence electrons. The molecule has 0 N–H and O–H groups in total.